The molecule has 0 N–H and O–H groups in total. The molecule has 0 radical (unpaired) electrons. The van der Waals surface area contributed by atoms with Crippen molar-refractivity contribution < 1.29 is 8.85 Å². The molecule has 7 heteroatoms. The maximum atomic E-state index is 6.17. The summed E-state index contributed by atoms with van der Waals surface area (Å²) in [6.45, 7) is 16.8. The van der Waals surface area contributed by atoms with Gasteiger partial charge in [-0.1, -0.05) is 60.6 Å². The van der Waals surface area contributed by atoms with Crippen molar-refractivity contribution in [3.8, 4) is 0 Å². The highest BCUT2D eigenvalue weighted by Gasteiger charge is 2.38. The molecular formula is C11H23Cl3O2Si2. The predicted octanol–water partition coefficient (Wildman–Crippen LogP) is 5.47. The van der Waals surface area contributed by atoms with Crippen LogP contribution in [0, 0.1) is 0 Å². The Morgan fingerprint density at radius 3 is 2.00 bits per heavy atom. The summed E-state index contributed by atoms with van der Waals surface area (Å²) in [4.78, 5) is 0. The second-order valence-corrected chi connectivity index (χ2v) is 18.4. The molecule has 0 amide bonds. The second-order valence-electron chi connectivity index (χ2n) is 5.98. The summed E-state index contributed by atoms with van der Waals surface area (Å²) in [6, 6.07) is 0. The Morgan fingerprint density at radius 2 is 1.67 bits per heavy atom. The molecule has 0 aromatic carbocycles. The molecule has 0 heterocycles. The molecule has 0 unspecified atom stereocenters. The average Bonchev–Trinajstić information content (AvgIpc) is 1.94. The van der Waals surface area contributed by atoms with E-state index in [2.05, 4.69) is 40.4 Å². The molecule has 0 saturated carbocycles. The van der Waals surface area contributed by atoms with Crippen molar-refractivity contribution in [1.82, 2.24) is 0 Å². The molecule has 0 spiro atoms. The first-order chi connectivity index (χ1) is 7.74. The van der Waals surface area contributed by atoms with E-state index in [1.165, 1.54) is 0 Å². The summed E-state index contributed by atoms with van der Waals surface area (Å²) in [5.74, 6) is 0.480. The van der Waals surface area contributed by atoms with E-state index in [9.17, 15) is 0 Å². The fraction of sp³-hybridized carbons (Fsp3) is 0.818. The largest absolute Gasteiger partial charge is 0.555 e. The molecule has 1 atom stereocenters. The predicted molar refractivity (Wildman–Crippen MR) is 85.9 cm³/mol. The van der Waals surface area contributed by atoms with Crippen LogP contribution in [0.1, 0.15) is 34.1 Å². The van der Waals surface area contributed by atoms with Crippen molar-refractivity contribution >= 4 is 47.8 Å². The van der Waals surface area contributed by atoms with Crippen LogP contribution in [-0.2, 0) is 8.85 Å². The SMILES string of the molecule is C=C(C[C@H](C)O[Si](C)(C)C(C)(C)C)O[Si](Cl)(Cl)Cl. The molecule has 0 bridgehead atoms. The molecule has 0 aliphatic rings. The minimum absolute atomic E-state index is 0.0136. The minimum Gasteiger partial charge on any atom is -0.512 e. The zero-order chi connectivity index (χ0) is 14.8. The molecule has 0 aliphatic heterocycles. The Hall–Kier alpha value is 0.804. The maximum absolute atomic E-state index is 6.17. The average molecular weight is 350 g/mol. The Balaban J connectivity index is 4.36. The van der Waals surface area contributed by atoms with Crippen LogP contribution in [0.15, 0.2) is 12.3 Å². The van der Waals surface area contributed by atoms with E-state index < -0.39 is 14.6 Å². The van der Waals surface area contributed by atoms with E-state index in [4.69, 9.17) is 42.1 Å². The van der Waals surface area contributed by atoms with Crippen LogP contribution in [0.4, 0.5) is 0 Å². The van der Waals surface area contributed by atoms with Gasteiger partial charge in [-0.25, -0.2) is 0 Å². The molecule has 0 fully saturated rings. The highest BCUT2D eigenvalue weighted by atomic mass is 35.8. The van der Waals surface area contributed by atoms with E-state index in [1.54, 1.807) is 0 Å². The Kier molecular flexibility index (Phi) is 6.79. The third-order valence-electron chi connectivity index (χ3n) is 3.08. The van der Waals surface area contributed by atoms with Crippen LogP contribution < -0.4 is 0 Å². The van der Waals surface area contributed by atoms with Gasteiger partial charge in [0, 0.05) is 12.5 Å². The van der Waals surface area contributed by atoms with Crippen LogP contribution in [0.25, 0.3) is 0 Å². The van der Waals surface area contributed by atoms with E-state index in [0.717, 1.165) is 0 Å². The lowest BCUT2D eigenvalue weighted by Gasteiger charge is -2.38. The van der Waals surface area contributed by atoms with Crippen LogP contribution in [-0.4, -0.2) is 20.7 Å². The fourth-order valence-electron chi connectivity index (χ4n) is 1.25. The standard InChI is InChI=1S/C11H23Cl3O2Si2/c1-9(8-10(2)16-18(12,13)14)15-17(6,7)11(3,4)5/h9H,2,8H2,1,3-7H3/t9-/m0/s1. The molecular weight excluding hydrogens is 327 g/mol. The molecule has 18 heavy (non-hydrogen) atoms. The third-order valence-corrected chi connectivity index (χ3v) is 8.90. The van der Waals surface area contributed by atoms with Crippen LogP contribution in [0.3, 0.4) is 0 Å². The first-order valence-corrected chi connectivity index (χ1v) is 13.7. The first-order valence-electron chi connectivity index (χ1n) is 5.86. The van der Waals surface area contributed by atoms with Gasteiger partial charge < -0.3 is 8.85 Å². The quantitative estimate of drug-likeness (QED) is 0.359. The molecule has 0 rings (SSSR count). The normalized spacial score (nSPS) is 15.4. The Morgan fingerprint density at radius 1 is 1.22 bits per heavy atom. The van der Waals surface area contributed by atoms with Gasteiger partial charge in [0.2, 0.25) is 0 Å². The van der Waals surface area contributed by atoms with E-state index in [1.807, 2.05) is 6.92 Å². The summed E-state index contributed by atoms with van der Waals surface area (Å²) in [5, 5.41) is 0.174. The zero-order valence-corrected chi connectivity index (χ0v) is 16.2. The topological polar surface area (TPSA) is 18.5 Å². The fourth-order valence-corrected chi connectivity index (χ4v) is 4.08. The van der Waals surface area contributed by atoms with Gasteiger partial charge in [-0.2, -0.15) is 0 Å². The van der Waals surface area contributed by atoms with Gasteiger partial charge >= 0.3 is 6.25 Å². The lowest BCUT2D eigenvalue weighted by molar-refractivity contribution is 0.185. The summed E-state index contributed by atoms with van der Waals surface area (Å²) >= 11 is 17.0. The molecule has 2 nitrogen and oxygen atoms in total. The van der Waals surface area contributed by atoms with Gasteiger partial charge in [0.05, 0.1) is 5.76 Å². The van der Waals surface area contributed by atoms with Crippen molar-refractivity contribution in [2.24, 2.45) is 0 Å². The van der Waals surface area contributed by atoms with Gasteiger partial charge in [0.25, 0.3) is 0 Å². The van der Waals surface area contributed by atoms with E-state index in [-0.39, 0.29) is 11.1 Å². The van der Waals surface area contributed by atoms with Crippen LogP contribution in [0.2, 0.25) is 18.1 Å². The van der Waals surface area contributed by atoms with Gasteiger partial charge in [0.1, 0.15) is 0 Å². The Labute approximate surface area is 127 Å². The molecule has 108 valence electrons. The molecule has 0 aromatic heterocycles. The van der Waals surface area contributed by atoms with Crippen LogP contribution >= 0.6 is 33.2 Å². The molecule has 0 aromatic rings. The third kappa shape index (κ3) is 7.41. The van der Waals surface area contributed by atoms with Crippen molar-refractivity contribution in [3.05, 3.63) is 12.3 Å². The lowest BCUT2D eigenvalue weighted by Crippen LogP contribution is -2.43. The monoisotopic (exact) mass is 348 g/mol. The second kappa shape index (κ2) is 6.50. The Bertz CT molecular complexity index is 296. The van der Waals surface area contributed by atoms with E-state index in [0.29, 0.717) is 12.2 Å². The number of hydrogen-bond acceptors (Lipinski definition) is 2. The maximum Gasteiger partial charge on any atom is 0.555 e. The van der Waals surface area contributed by atoms with Gasteiger partial charge in [-0.3, -0.25) is 0 Å². The van der Waals surface area contributed by atoms with E-state index >= 15 is 0 Å². The van der Waals surface area contributed by atoms with Crippen molar-refractivity contribution in [3.63, 3.8) is 0 Å². The van der Waals surface area contributed by atoms with Crippen molar-refractivity contribution in [1.29, 1.82) is 0 Å². The molecule has 0 aliphatic carbocycles. The first kappa shape index (κ1) is 18.8. The number of rotatable bonds is 6. The summed E-state index contributed by atoms with van der Waals surface area (Å²) in [5.41, 5.74) is 0. The highest BCUT2D eigenvalue weighted by Crippen LogP contribution is 2.38. The number of hydrogen-bond donors (Lipinski definition) is 0. The zero-order valence-electron chi connectivity index (χ0n) is 11.9. The smallest absolute Gasteiger partial charge is 0.512 e. The minimum atomic E-state index is -3.11. The highest BCUT2D eigenvalue weighted by molar-refractivity contribution is 7.62. The van der Waals surface area contributed by atoms with Crippen LogP contribution in [0.5, 0.6) is 0 Å². The van der Waals surface area contributed by atoms with Gasteiger partial charge in [-0.15, -0.1) is 0 Å². The lowest BCUT2D eigenvalue weighted by atomic mass is 10.2. The van der Waals surface area contributed by atoms with Gasteiger partial charge in [0.15, 0.2) is 8.32 Å². The number of halogens is 3. The van der Waals surface area contributed by atoms with Crippen molar-refractivity contribution in [2.45, 2.75) is 58.4 Å². The molecule has 0 saturated heterocycles. The summed E-state index contributed by atoms with van der Waals surface area (Å²) < 4.78 is 11.4. The van der Waals surface area contributed by atoms with Gasteiger partial charge in [-0.05, 0) is 25.1 Å². The summed E-state index contributed by atoms with van der Waals surface area (Å²) in [7, 11) is -1.78. The summed E-state index contributed by atoms with van der Waals surface area (Å²) in [6.07, 6.45) is -2.55. The van der Waals surface area contributed by atoms with Crippen molar-refractivity contribution in [2.75, 3.05) is 0 Å².